The Hall–Kier alpha value is -1.62. The van der Waals surface area contributed by atoms with E-state index in [9.17, 15) is 9.59 Å². The van der Waals surface area contributed by atoms with Crippen molar-refractivity contribution >= 4 is 33.5 Å². The van der Waals surface area contributed by atoms with E-state index in [4.69, 9.17) is 4.74 Å². The minimum Gasteiger partial charge on any atom is -0.466 e. The Labute approximate surface area is 146 Å². The van der Waals surface area contributed by atoms with Crippen LogP contribution in [0.5, 0.6) is 0 Å². The average Bonchev–Trinajstić information content (AvgIpc) is 2.58. The summed E-state index contributed by atoms with van der Waals surface area (Å²) in [6.45, 7) is 6.98. The summed E-state index contributed by atoms with van der Waals surface area (Å²) in [7, 11) is 0. The van der Waals surface area contributed by atoms with E-state index in [1.165, 1.54) is 0 Å². The molecule has 0 heterocycles. The lowest BCUT2D eigenvalue weighted by molar-refractivity contribution is -0.144. The molecule has 1 amide bonds. The Bertz CT molecular complexity index is 516. The first-order chi connectivity index (χ1) is 11.1. The van der Waals surface area contributed by atoms with Gasteiger partial charge in [-0.3, -0.25) is 9.59 Å². The van der Waals surface area contributed by atoms with Gasteiger partial charge in [0, 0.05) is 18.7 Å². The van der Waals surface area contributed by atoms with Crippen LogP contribution in [0.1, 0.15) is 38.2 Å². The molecule has 0 spiro atoms. The molecule has 5 heteroatoms. The summed E-state index contributed by atoms with van der Waals surface area (Å²) in [5.41, 5.74) is 1.54. The van der Waals surface area contributed by atoms with Gasteiger partial charge in [0.25, 0.3) is 0 Å². The number of unbranched alkanes of at least 4 members (excludes halogenated alkanes) is 1. The van der Waals surface area contributed by atoms with Crippen molar-refractivity contribution in [1.82, 2.24) is 4.90 Å². The van der Waals surface area contributed by atoms with Crippen molar-refractivity contribution < 1.29 is 14.3 Å². The van der Waals surface area contributed by atoms with Crippen LogP contribution in [0.2, 0.25) is 0 Å². The van der Waals surface area contributed by atoms with Crippen molar-refractivity contribution in [1.29, 1.82) is 0 Å². The fourth-order valence-corrected chi connectivity index (χ4v) is 2.36. The van der Waals surface area contributed by atoms with Crippen LogP contribution in [0.25, 0.3) is 5.70 Å². The van der Waals surface area contributed by atoms with Crippen molar-refractivity contribution in [3.63, 3.8) is 0 Å². The molecule has 0 unspecified atom stereocenters. The molecule has 0 saturated heterocycles. The highest BCUT2D eigenvalue weighted by atomic mass is 79.9. The number of hydrogen-bond acceptors (Lipinski definition) is 3. The minimum atomic E-state index is -0.213. The van der Waals surface area contributed by atoms with E-state index >= 15 is 0 Å². The number of hydrogen-bond donors (Lipinski definition) is 0. The Morgan fingerprint density at radius 2 is 1.91 bits per heavy atom. The van der Waals surface area contributed by atoms with Gasteiger partial charge in [0.15, 0.2) is 0 Å². The standard InChI is InChI=1S/C18H24BrNO3/c1-3-4-13-23-18(22)11-8-12-20(17(21)14-19)15(2)16-9-6-5-7-10-16/h5-7,9-10H,2-4,8,11-14H2,1H3. The molecule has 0 bridgehead atoms. The zero-order valence-corrected chi connectivity index (χ0v) is 15.2. The number of carbonyl (C=O) groups excluding carboxylic acids is 2. The molecule has 23 heavy (non-hydrogen) atoms. The Kier molecular flexibility index (Phi) is 9.29. The molecular formula is C18H24BrNO3. The summed E-state index contributed by atoms with van der Waals surface area (Å²) in [4.78, 5) is 25.4. The van der Waals surface area contributed by atoms with Gasteiger partial charge in [0.1, 0.15) is 0 Å². The van der Waals surface area contributed by atoms with Crippen molar-refractivity contribution in [2.75, 3.05) is 18.5 Å². The molecule has 0 atom stereocenters. The predicted octanol–water partition coefficient (Wildman–Crippen LogP) is 4.00. The molecule has 0 radical (unpaired) electrons. The molecule has 1 aromatic carbocycles. The van der Waals surface area contributed by atoms with Crippen LogP contribution in [-0.4, -0.2) is 35.3 Å². The molecule has 0 aliphatic heterocycles. The van der Waals surface area contributed by atoms with Crippen LogP contribution in [0.3, 0.4) is 0 Å². The topological polar surface area (TPSA) is 46.6 Å². The lowest BCUT2D eigenvalue weighted by Crippen LogP contribution is -2.31. The van der Waals surface area contributed by atoms with Gasteiger partial charge < -0.3 is 9.64 Å². The minimum absolute atomic E-state index is 0.0711. The molecule has 4 nitrogen and oxygen atoms in total. The maximum Gasteiger partial charge on any atom is 0.305 e. The maximum absolute atomic E-state index is 12.1. The first-order valence-corrected chi connectivity index (χ1v) is 8.98. The highest BCUT2D eigenvalue weighted by Gasteiger charge is 2.17. The van der Waals surface area contributed by atoms with Gasteiger partial charge in [-0.2, -0.15) is 0 Å². The molecule has 1 aromatic rings. The third kappa shape index (κ3) is 6.99. The monoisotopic (exact) mass is 381 g/mol. The summed E-state index contributed by atoms with van der Waals surface area (Å²) in [6, 6.07) is 9.55. The summed E-state index contributed by atoms with van der Waals surface area (Å²) < 4.78 is 5.12. The van der Waals surface area contributed by atoms with Crippen molar-refractivity contribution in [2.24, 2.45) is 0 Å². The Balaban J connectivity index is 2.54. The van der Waals surface area contributed by atoms with E-state index in [0.717, 1.165) is 18.4 Å². The molecule has 0 saturated carbocycles. The molecule has 1 rings (SSSR count). The van der Waals surface area contributed by atoms with E-state index in [-0.39, 0.29) is 17.2 Å². The Morgan fingerprint density at radius 1 is 1.22 bits per heavy atom. The first kappa shape index (κ1) is 19.4. The highest BCUT2D eigenvalue weighted by Crippen LogP contribution is 2.18. The van der Waals surface area contributed by atoms with E-state index in [1.807, 2.05) is 37.3 Å². The third-order valence-corrected chi connectivity index (χ3v) is 3.85. The molecule has 0 aromatic heterocycles. The van der Waals surface area contributed by atoms with Gasteiger partial charge >= 0.3 is 5.97 Å². The second kappa shape index (κ2) is 11.0. The molecule has 0 aliphatic rings. The van der Waals surface area contributed by atoms with Crippen LogP contribution < -0.4 is 0 Å². The number of rotatable bonds is 10. The van der Waals surface area contributed by atoms with Crippen molar-refractivity contribution in [3.8, 4) is 0 Å². The second-order valence-electron chi connectivity index (χ2n) is 5.17. The van der Waals surface area contributed by atoms with Crippen LogP contribution in [0.15, 0.2) is 36.9 Å². The van der Waals surface area contributed by atoms with Gasteiger partial charge in [-0.15, -0.1) is 0 Å². The average molecular weight is 382 g/mol. The van der Waals surface area contributed by atoms with Crippen LogP contribution in [0, 0.1) is 0 Å². The number of halogens is 1. The maximum atomic E-state index is 12.1. The van der Waals surface area contributed by atoms with Gasteiger partial charge in [0.05, 0.1) is 11.9 Å². The van der Waals surface area contributed by atoms with Crippen LogP contribution in [0.4, 0.5) is 0 Å². The summed E-state index contributed by atoms with van der Waals surface area (Å²) in [5, 5.41) is 0.222. The molecule has 0 fully saturated rings. The largest absolute Gasteiger partial charge is 0.466 e. The van der Waals surface area contributed by atoms with Crippen LogP contribution >= 0.6 is 15.9 Å². The lowest BCUT2D eigenvalue weighted by Gasteiger charge is -2.24. The highest BCUT2D eigenvalue weighted by molar-refractivity contribution is 9.09. The van der Waals surface area contributed by atoms with E-state index in [2.05, 4.69) is 22.5 Å². The summed E-state index contributed by atoms with van der Waals surface area (Å²) >= 11 is 3.20. The fraction of sp³-hybridized carbons (Fsp3) is 0.444. The lowest BCUT2D eigenvalue weighted by atomic mass is 10.1. The van der Waals surface area contributed by atoms with Gasteiger partial charge in [-0.05, 0) is 18.4 Å². The number of carbonyl (C=O) groups is 2. The molecule has 126 valence electrons. The van der Waals surface area contributed by atoms with Crippen molar-refractivity contribution in [3.05, 3.63) is 42.5 Å². The third-order valence-electron chi connectivity index (χ3n) is 3.37. The van der Waals surface area contributed by atoms with Gasteiger partial charge in [-0.1, -0.05) is 66.2 Å². The zero-order valence-electron chi connectivity index (χ0n) is 13.6. The van der Waals surface area contributed by atoms with E-state index in [1.54, 1.807) is 4.90 Å². The predicted molar refractivity (Wildman–Crippen MR) is 96.1 cm³/mol. The SMILES string of the molecule is C=C(c1ccccc1)N(CCCC(=O)OCCCC)C(=O)CBr. The smallest absolute Gasteiger partial charge is 0.305 e. The summed E-state index contributed by atoms with van der Waals surface area (Å²) in [5.74, 6) is -0.284. The summed E-state index contributed by atoms with van der Waals surface area (Å²) in [6.07, 6.45) is 2.73. The zero-order chi connectivity index (χ0) is 17.1. The molecular weight excluding hydrogens is 358 g/mol. The number of esters is 1. The normalized spacial score (nSPS) is 10.2. The Morgan fingerprint density at radius 3 is 2.52 bits per heavy atom. The number of nitrogens with zero attached hydrogens (tertiary/aromatic N) is 1. The quantitative estimate of drug-likeness (QED) is 0.349. The first-order valence-electron chi connectivity index (χ1n) is 7.86. The number of benzene rings is 1. The number of ether oxygens (including phenoxy) is 1. The van der Waals surface area contributed by atoms with Gasteiger partial charge in [-0.25, -0.2) is 0 Å². The van der Waals surface area contributed by atoms with E-state index < -0.39 is 0 Å². The fourth-order valence-electron chi connectivity index (χ4n) is 2.05. The van der Waals surface area contributed by atoms with E-state index in [0.29, 0.717) is 31.7 Å². The number of amides is 1. The number of alkyl halides is 1. The van der Waals surface area contributed by atoms with Crippen molar-refractivity contribution in [2.45, 2.75) is 32.6 Å². The van der Waals surface area contributed by atoms with Gasteiger partial charge in [0.2, 0.25) is 5.91 Å². The molecule has 0 aliphatic carbocycles. The van der Waals surface area contributed by atoms with Crippen LogP contribution in [-0.2, 0) is 14.3 Å². The molecule has 0 N–H and O–H groups in total. The second-order valence-corrected chi connectivity index (χ2v) is 5.73.